The SMILES string of the molecule is CCCCC(=O)OCc1cc(O)c(C2C=C(C)[C@H]3C[C@@H]2C3(C)C)c(O)c1. The van der Waals surface area contributed by atoms with Crippen molar-refractivity contribution in [3.05, 3.63) is 34.9 Å². The molecule has 4 rings (SSSR count). The molecule has 142 valence electrons. The maximum absolute atomic E-state index is 11.7. The molecule has 1 saturated carbocycles. The summed E-state index contributed by atoms with van der Waals surface area (Å²) in [4.78, 5) is 11.7. The Hall–Kier alpha value is -1.97. The van der Waals surface area contributed by atoms with E-state index in [1.54, 1.807) is 12.1 Å². The lowest BCUT2D eigenvalue weighted by atomic mass is 9.45. The first-order valence-electron chi connectivity index (χ1n) is 9.64. The quantitative estimate of drug-likeness (QED) is 0.552. The number of ether oxygens (including phenoxy) is 1. The fourth-order valence-corrected chi connectivity index (χ4v) is 4.80. The molecule has 26 heavy (non-hydrogen) atoms. The lowest BCUT2D eigenvalue weighted by Gasteiger charge is -2.59. The van der Waals surface area contributed by atoms with Crippen LogP contribution >= 0.6 is 0 Å². The van der Waals surface area contributed by atoms with E-state index in [0.717, 1.165) is 19.3 Å². The minimum atomic E-state index is -0.247. The number of hydrogen-bond acceptors (Lipinski definition) is 4. The number of unbranched alkanes of at least 4 members (excludes halogenated alkanes) is 1. The average molecular weight is 358 g/mol. The molecule has 2 N–H and O–H groups in total. The van der Waals surface area contributed by atoms with Crippen LogP contribution in [0.4, 0.5) is 0 Å². The van der Waals surface area contributed by atoms with Crippen molar-refractivity contribution in [3.8, 4) is 11.5 Å². The Bertz CT molecular complexity index is 709. The molecule has 3 aliphatic rings. The standard InChI is InChI=1S/C22H30O4/c1-5-6-7-20(25)26-12-14-9-18(23)21(19(24)10-14)15-8-13(2)16-11-17(15)22(16,3)4/h8-10,15-17,23-24H,5-7,11-12H2,1-4H3/t15?,16-,17+/m1/s1. The van der Waals surface area contributed by atoms with E-state index < -0.39 is 0 Å². The van der Waals surface area contributed by atoms with Crippen LogP contribution in [0.3, 0.4) is 0 Å². The van der Waals surface area contributed by atoms with Crippen molar-refractivity contribution >= 4 is 5.97 Å². The van der Waals surface area contributed by atoms with Gasteiger partial charge in [-0.3, -0.25) is 4.79 Å². The van der Waals surface area contributed by atoms with Gasteiger partial charge < -0.3 is 14.9 Å². The predicted octanol–water partition coefficient (Wildman–Crippen LogP) is 5.04. The van der Waals surface area contributed by atoms with E-state index in [2.05, 4.69) is 26.8 Å². The third-order valence-electron chi connectivity index (χ3n) is 6.43. The Morgan fingerprint density at radius 2 is 1.92 bits per heavy atom. The van der Waals surface area contributed by atoms with E-state index in [4.69, 9.17) is 4.74 Å². The van der Waals surface area contributed by atoms with Crippen LogP contribution in [0.25, 0.3) is 0 Å². The van der Waals surface area contributed by atoms with E-state index in [9.17, 15) is 15.0 Å². The highest BCUT2D eigenvalue weighted by Crippen LogP contribution is 2.64. The Balaban J connectivity index is 1.78. The topological polar surface area (TPSA) is 66.8 Å². The highest BCUT2D eigenvalue weighted by molar-refractivity contribution is 5.69. The summed E-state index contributed by atoms with van der Waals surface area (Å²) in [7, 11) is 0. The highest BCUT2D eigenvalue weighted by atomic mass is 16.5. The smallest absolute Gasteiger partial charge is 0.306 e. The number of fused-ring (bicyclic) bond motifs is 1. The molecule has 0 saturated heterocycles. The minimum absolute atomic E-state index is 0.0242. The largest absolute Gasteiger partial charge is 0.507 e. The summed E-state index contributed by atoms with van der Waals surface area (Å²) in [6, 6.07) is 3.23. The molecule has 1 fully saturated rings. The third kappa shape index (κ3) is 3.22. The van der Waals surface area contributed by atoms with E-state index >= 15 is 0 Å². The number of esters is 1. The second kappa shape index (κ2) is 6.98. The molecule has 3 aliphatic carbocycles. The van der Waals surface area contributed by atoms with Gasteiger partial charge in [-0.1, -0.05) is 38.8 Å². The number of carbonyl (C=O) groups excluding carboxylic acids is 1. The van der Waals surface area contributed by atoms with Crippen molar-refractivity contribution < 1.29 is 19.7 Å². The number of phenolic OH excluding ortho intramolecular Hbond substituents is 2. The Labute approximate surface area is 155 Å². The van der Waals surface area contributed by atoms with E-state index in [1.807, 2.05) is 6.92 Å². The van der Waals surface area contributed by atoms with E-state index in [1.165, 1.54) is 5.57 Å². The highest BCUT2D eigenvalue weighted by Gasteiger charge is 2.55. The van der Waals surface area contributed by atoms with E-state index in [0.29, 0.717) is 29.4 Å². The van der Waals surface area contributed by atoms with Gasteiger partial charge in [-0.15, -0.1) is 0 Å². The summed E-state index contributed by atoms with van der Waals surface area (Å²) in [6.45, 7) is 8.78. The molecule has 1 aromatic rings. The van der Waals surface area contributed by atoms with Crippen molar-refractivity contribution in [2.24, 2.45) is 17.3 Å². The van der Waals surface area contributed by atoms with Crippen LogP contribution in [0.5, 0.6) is 11.5 Å². The van der Waals surface area contributed by atoms with Crippen LogP contribution in [-0.2, 0) is 16.1 Å². The minimum Gasteiger partial charge on any atom is -0.507 e. The molecule has 0 aliphatic heterocycles. The number of phenols is 2. The fraction of sp³-hybridized carbons (Fsp3) is 0.591. The van der Waals surface area contributed by atoms with Gasteiger partial charge in [0, 0.05) is 17.9 Å². The molecule has 1 unspecified atom stereocenters. The maximum Gasteiger partial charge on any atom is 0.306 e. The molecule has 1 aromatic carbocycles. The summed E-state index contributed by atoms with van der Waals surface area (Å²) < 4.78 is 5.23. The lowest BCUT2D eigenvalue weighted by Crippen LogP contribution is -2.50. The second-order valence-corrected chi connectivity index (χ2v) is 8.46. The van der Waals surface area contributed by atoms with Gasteiger partial charge in [0.1, 0.15) is 18.1 Å². The molecule has 0 heterocycles. The van der Waals surface area contributed by atoms with Gasteiger partial charge in [-0.25, -0.2) is 0 Å². The maximum atomic E-state index is 11.7. The van der Waals surface area contributed by atoms with Crippen molar-refractivity contribution in [2.45, 2.75) is 65.9 Å². The van der Waals surface area contributed by atoms with Crippen LogP contribution < -0.4 is 0 Å². The third-order valence-corrected chi connectivity index (χ3v) is 6.43. The summed E-state index contributed by atoms with van der Waals surface area (Å²) >= 11 is 0. The van der Waals surface area contributed by atoms with Gasteiger partial charge in [0.2, 0.25) is 0 Å². The van der Waals surface area contributed by atoms with Crippen molar-refractivity contribution in [1.82, 2.24) is 0 Å². The molecular weight excluding hydrogens is 328 g/mol. The van der Waals surface area contributed by atoms with E-state index in [-0.39, 0.29) is 35.4 Å². The second-order valence-electron chi connectivity index (χ2n) is 8.46. The van der Waals surface area contributed by atoms with Crippen LogP contribution in [0.2, 0.25) is 0 Å². The average Bonchev–Trinajstić information content (AvgIpc) is 2.56. The normalized spacial score (nSPS) is 26.0. The fourth-order valence-electron chi connectivity index (χ4n) is 4.80. The molecule has 0 aromatic heterocycles. The molecule has 0 radical (unpaired) electrons. The molecule has 2 bridgehead atoms. The zero-order chi connectivity index (χ0) is 19.1. The van der Waals surface area contributed by atoms with Gasteiger partial charge in [-0.2, -0.15) is 0 Å². The first-order chi connectivity index (χ1) is 12.3. The zero-order valence-electron chi connectivity index (χ0n) is 16.2. The number of hydrogen-bond donors (Lipinski definition) is 2. The van der Waals surface area contributed by atoms with Gasteiger partial charge >= 0.3 is 5.97 Å². The molecule has 4 heteroatoms. The van der Waals surface area contributed by atoms with Crippen LogP contribution in [0, 0.1) is 17.3 Å². The first kappa shape index (κ1) is 18.8. The number of benzene rings is 1. The summed E-state index contributed by atoms with van der Waals surface area (Å²) in [5, 5.41) is 21.2. The van der Waals surface area contributed by atoms with Crippen LogP contribution in [0.15, 0.2) is 23.8 Å². The number of aromatic hydroxyl groups is 2. The molecule has 0 spiro atoms. The summed E-state index contributed by atoms with van der Waals surface area (Å²) in [5.41, 5.74) is 2.74. The van der Waals surface area contributed by atoms with Crippen molar-refractivity contribution in [3.63, 3.8) is 0 Å². The summed E-state index contributed by atoms with van der Waals surface area (Å²) in [5.74, 6) is 0.972. The van der Waals surface area contributed by atoms with Gasteiger partial charge in [0.05, 0.1) is 0 Å². The van der Waals surface area contributed by atoms with Crippen LogP contribution in [-0.4, -0.2) is 16.2 Å². The Morgan fingerprint density at radius 3 is 2.46 bits per heavy atom. The monoisotopic (exact) mass is 358 g/mol. The van der Waals surface area contributed by atoms with Crippen molar-refractivity contribution in [2.75, 3.05) is 0 Å². The number of rotatable bonds is 6. The van der Waals surface area contributed by atoms with Gasteiger partial charge in [0.25, 0.3) is 0 Å². The van der Waals surface area contributed by atoms with Crippen molar-refractivity contribution in [1.29, 1.82) is 0 Å². The lowest BCUT2D eigenvalue weighted by molar-refractivity contribution is -0.145. The predicted molar refractivity (Wildman–Crippen MR) is 101 cm³/mol. The molecule has 3 atom stereocenters. The van der Waals surface area contributed by atoms with Crippen LogP contribution in [0.1, 0.15) is 70.4 Å². The molecule has 4 nitrogen and oxygen atoms in total. The molecule has 0 amide bonds. The Morgan fingerprint density at radius 1 is 1.27 bits per heavy atom. The van der Waals surface area contributed by atoms with Gasteiger partial charge in [-0.05, 0) is 54.7 Å². The zero-order valence-corrected chi connectivity index (χ0v) is 16.2. The Kier molecular flexibility index (Phi) is 5.05. The number of carbonyl (C=O) groups is 1. The van der Waals surface area contributed by atoms with Gasteiger partial charge in [0.15, 0.2) is 0 Å². The number of allylic oxidation sites excluding steroid dienone is 2. The first-order valence-corrected chi connectivity index (χ1v) is 9.64. The summed E-state index contributed by atoms with van der Waals surface area (Å²) in [6.07, 6.45) is 5.45. The molecular formula is C22H30O4.